The van der Waals surface area contributed by atoms with Crippen molar-refractivity contribution in [3.05, 3.63) is 46.3 Å². The lowest BCUT2D eigenvalue weighted by atomic mass is 10.1. The average molecular weight is 279 g/mol. The maximum Gasteiger partial charge on any atom is 0.183 e. The minimum Gasteiger partial charge on any atom is -0.385 e. The van der Waals surface area contributed by atoms with Crippen LogP contribution < -0.4 is 0 Å². The highest BCUT2D eigenvalue weighted by Crippen LogP contribution is 2.27. The molecule has 1 aromatic rings. The Bertz CT molecular complexity index is 478. The molecule has 1 fully saturated rings. The molecule has 20 heavy (non-hydrogen) atoms. The Kier molecular flexibility index (Phi) is 4.94. The highest BCUT2D eigenvalue weighted by molar-refractivity contribution is 5.13. The quantitative estimate of drug-likeness (QED) is 0.481. The molecule has 5 atom stereocenters. The fourth-order valence-electron chi connectivity index (χ4n) is 2.17. The zero-order valence-corrected chi connectivity index (χ0v) is 11.0. The second-order valence-corrected chi connectivity index (χ2v) is 4.69. The van der Waals surface area contributed by atoms with Gasteiger partial charge >= 0.3 is 0 Å². The number of rotatable bonds is 5. The topological polar surface area (TPSA) is 108 Å². The van der Waals surface area contributed by atoms with Crippen LogP contribution in [-0.2, 0) is 16.1 Å². The van der Waals surface area contributed by atoms with Gasteiger partial charge in [0, 0.05) is 4.91 Å². The van der Waals surface area contributed by atoms with Crippen molar-refractivity contribution in [3.63, 3.8) is 0 Å². The van der Waals surface area contributed by atoms with Gasteiger partial charge in [0.1, 0.15) is 12.2 Å². The molecule has 1 aliphatic heterocycles. The van der Waals surface area contributed by atoms with Crippen molar-refractivity contribution in [1.29, 1.82) is 0 Å². The van der Waals surface area contributed by atoms with E-state index in [1.807, 2.05) is 30.3 Å². The summed E-state index contributed by atoms with van der Waals surface area (Å²) in [5, 5.41) is 23.0. The Balaban J connectivity index is 2.04. The van der Waals surface area contributed by atoms with Crippen LogP contribution in [0.3, 0.4) is 0 Å². The van der Waals surface area contributed by atoms with Crippen molar-refractivity contribution in [2.24, 2.45) is 5.11 Å². The molecule has 2 unspecified atom stereocenters. The summed E-state index contributed by atoms with van der Waals surface area (Å²) in [7, 11) is 0. The summed E-state index contributed by atoms with van der Waals surface area (Å²) in [4.78, 5) is 2.71. The molecule has 1 heterocycles. The Morgan fingerprint density at radius 2 is 2.10 bits per heavy atom. The zero-order valence-electron chi connectivity index (χ0n) is 11.0. The van der Waals surface area contributed by atoms with E-state index in [2.05, 4.69) is 10.0 Å². The number of ether oxygens (including phenoxy) is 2. The Hall–Kier alpha value is -1.63. The molecular weight excluding hydrogens is 262 g/mol. The average Bonchev–Trinajstić information content (AvgIpc) is 2.74. The third-order valence-corrected chi connectivity index (χ3v) is 3.24. The van der Waals surface area contributed by atoms with E-state index >= 15 is 0 Å². The van der Waals surface area contributed by atoms with Crippen LogP contribution in [0.5, 0.6) is 0 Å². The van der Waals surface area contributed by atoms with Gasteiger partial charge in [0.25, 0.3) is 0 Å². The Morgan fingerprint density at radius 3 is 2.75 bits per heavy atom. The molecule has 1 aromatic carbocycles. The molecule has 0 aliphatic carbocycles. The molecule has 7 heteroatoms. The van der Waals surface area contributed by atoms with Crippen LogP contribution >= 0.6 is 0 Å². The van der Waals surface area contributed by atoms with Crippen LogP contribution in [0.25, 0.3) is 10.4 Å². The third-order valence-electron chi connectivity index (χ3n) is 3.24. The minimum atomic E-state index is -1.34. The monoisotopic (exact) mass is 279 g/mol. The largest absolute Gasteiger partial charge is 0.385 e. The predicted octanol–water partition coefficient (Wildman–Crippen LogP) is 1.35. The van der Waals surface area contributed by atoms with Crippen molar-refractivity contribution < 1.29 is 19.7 Å². The number of nitrogens with zero attached hydrogens (tertiary/aromatic N) is 3. The van der Waals surface area contributed by atoms with Gasteiger partial charge < -0.3 is 19.7 Å². The first-order valence-electron chi connectivity index (χ1n) is 6.35. The third kappa shape index (κ3) is 3.27. The molecule has 0 amide bonds. The Morgan fingerprint density at radius 1 is 1.40 bits per heavy atom. The van der Waals surface area contributed by atoms with E-state index in [9.17, 15) is 10.2 Å². The molecule has 108 valence electrons. The van der Waals surface area contributed by atoms with Crippen LogP contribution in [0, 0.1) is 0 Å². The van der Waals surface area contributed by atoms with E-state index in [0.29, 0.717) is 0 Å². The maximum absolute atomic E-state index is 9.89. The number of aliphatic hydroxyl groups is 2. The molecule has 2 rings (SSSR count). The van der Waals surface area contributed by atoms with Gasteiger partial charge in [0.2, 0.25) is 0 Å². The van der Waals surface area contributed by atoms with Crippen molar-refractivity contribution in [2.75, 3.05) is 0 Å². The highest BCUT2D eigenvalue weighted by Gasteiger charge is 2.45. The van der Waals surface area contributed by atoms with Crippen LogP contribution in [0.1, 0.15) is 12.5 Å². The van der Waals surface area contributed by atoms with E-state index in [-0.39, 0.29) is 6.61 Å². The second-order valence-electron chi connectivity index (χ2n) is 4.69. The summed E-state index contributed by atoms with van der Waals surface area (Å²) >= 11 is 0. The van der Waals surface area contributed by atoms with Gasteiger partial charge in [0.05, 0.1) is 18.8 Å². The van der Waals surface area contributed by atoms with Gasteiger partial charge in [0.15, 0.2) is 6.29 Å². The molecule has 0 radical (unpaired) electrons. The van der Waals surface area contributed by atoms with Crippen molar-refractivity contribution in [2.45, 2.75) is 44.2 Å². The first-order chi connectivity index (χ1) is 9.63. The summed E-state index contributed by atoms with van der Waals surface area (Å²) in [5.74, 6) is 0. The second kappa shape index (κ2) is 6.69. The van der Waals surface area contributed by atoms with Gasteiger partial charge in [-0.05, 0) is 11.1 Å². The highest BCUT2D eigenvalue weighted by atomic mass is 16.7. The predicted molar refractivity (Wildman–Crippen MR) is 70.5 cm³/mol. The molecule has 7 nitrogen and oxygen atoms in total. The number of hydrogen-bond acceptors (Lipinski definition) is 5. The normalized spacial score (nSPS) is 30.8. The van der Waals surface area contributed by atoms with E-state index in [1.165, 1.54) is 0 Å². The lowest BCUT2D eigenvalue weighted by Gasteiger charge is -2.22. The van der Waals surface area contributed by atoms with Crippen molar-refractivity contribution in [3.8, 4) is 0 Å². The van der Waals surface area contributed by atoms with Crippen molar-refractivity contribution in [1.82, 2.24) is 0 Å². The molecule has 0 aromatic heterocycles. The molecule has 2 N–H and O–H groups in total. The van der Waals surface area contributed by atoms with E-state index < -0.39 is 30.6 Å². The van der Waals surface area contributed by atoms with E-state index in [1.54, 1.807) is 6.92 Å². The number of azide groups is 1. The van der Waals surface area contributed by atoms with Crippen LogP contribution in [-0.4, -0.2) is 40.9 Å². The molecule has 0 saturated carbocycles. The van der Waals surface area contributed by atoms with Gasteiger partial charge in [-0.2, -0.15) is 0 Å². The molecular formula is C13H17N3O4. The lowest BCUT2D eigenvalue weighted by Crippen LogP contribution is -2.39. The standard InChI is InChI=1S/C13H17N3O4/c1-8(15-16-14)11-12(10(17)13(18)20-11)19-7-9-5-3-2-4-6-9/h2-6,8,10-13,17-18H,7H2,1H3/t8?,10?,11-,12-,13-/m1/s1. The van der Waals surface area contributed by atoms with Gasteiger partial charge in [-0.15, -0.1) is 0 Å². The molecule has 1 saturated heterocycles. The number of hydrogen-bond donors (Lipinski definition) is 2. The molecule has 0 bridgehead atoms. The summed E-state index contributed by atoms with van der Waals surface area (Å²) in [6, 6.07) is 8.90. The van der Waals surface area contributed by atoms with Gasteiger partial charge in [-0.1, -0.05) is 42.4 Å². The van der Waals surface area contributed by atoms with Crippen LogP contribution in [0.4, 0.5) is 0 Å². The Labute approximate surface area is 116 Å². The van der Waals surface area contributed by atoms with Gasteiger partial charge in [-0.25, -0.2) is 0 Å². The summed E-state index contributed by atoms with van der Waals surface area (Å²) in [6.07, 6.45) is -3.93. The minimum absolute atomic E-state index is 0.276. The van der Waals surface area contributed by atoms with E-state index in [4.69, 9.17) is 15.0 Å². The SMILES string of the molecule is CC(N=[N+]=[N-])[C@H]1O[C@@H](O)C(O)[C@H]1OCc1ccccc1. The fraction of sp³-hybridized carbons (Fsp3) is 0.538. The van der Waals surface area contributed by atoms with Crippen molar-refractivity contribution >= 4 is 0 Å². The maximum atomic E-state index is 9.89. The smallest absolute Gasteiger partial charge is 0.183 e. The number of aliphatic hydroxyl groups excluding tert-OH is 2. The van der Waals surface area contributed by atoms with Crippen LogP contribution in [0.2, 0.25) is 0 Å². The summed E-state index contributed by atoms with van der Waals surface area (Å²) in [6.45, 7) is 1.92. The molecule has 1 aliphatic rings. The first-order valence-corrected chi connectivity index (χ1v) is 6.35. The van der Waals surface area contributed by atoms with Crippen LogP contribution in [0.15, 0.2) is 35.4 Å². The number of benzene rings is 1. The van der Waals surface area contributed by atoms with Gasteiger partial charge in [-0.3, -0.25) is 0 Å². The summed E-state index contributed by atoms with van der Waals surface area (Å²) < 4.78 is 10.8. The first kappa shape index (κ1) is 14.8. The van der Waals surface area contributed by atoms with E-state index in [0.717, 1.165) is 5.56 Å². The summed E-state index contributed by atoms with van der Waals surface area (Å²) in [5.41, 5.74) is 9.40. The zero-order chi connectivity index (χ0) is 14.5. The fourth-order valence-corrected chi connectivity index (χ4v) is 2.17. The molecule has 0 spiro atoms. The lowest BCUT2D eigenvalue weighted by molar-refractivity contribution is -0.129.